The number of carbonyl (C=O) groups is 1. The molecule has 1 aromatic carbocycles. The summed E-state index contributed by atoms with van der Waals surface area (Å²) >= 11 is 1.15. The monoisotopic (exact) mass is 436 g/mol. The zero-order chi connectivity index (χ0) is 21.8. The molecule has 2 N–H and O–H groups in total. The number of H-pyrrole nitrogens is 1. The summed E-state index contributed by atoms with van der Waals surface area (Å²) in [6.07, 6.45) is 1.58. The number of hydrogen-bond donors (Lipinski definition) is 2. The Kier molecular flexibility index (Phi) is 5.99. The van der Waals surface area contributed by atoms with Crippen molar-refractivity contribution in [3.05, 3.63) is 64.7 Å². The van der Waals surface area contributed by atoms with E-state index in [2.05, 4.69) is 25.5 Å². The van der Waals surface area contributed by atoms with E-state index in [4.69, 9.17) is 4.74 Å². The van der Waals surface area contributed by atoms with Gasteiger partial charge in [0.15, 0.2) is 16.6 Å². The van der Waals surface area contributed by atoms with Crippen LogP contribution < -0.4 is 15.6 Å². The van der Waals surface area contributed by atoms with Crippen molar-refractivity contribution in [1.29, 1.82) is 0 Å². The molecule has 0 saturated carbocycles. The minimum Gasteiger partial charge on any atom is -0.494 e. The molecule has 0 radical (unpaired) electrons. The van der Waals surface area contributed by atoms with Gasteiger partial charge in [0.25, 0.3) is 5.56 Å². The smallest absolute Gasteiger partial charge is 0.268 e. The van der Waals surface area contributed by atoms with Gasteiger partial charge in [0.2, 0.25) is 5.91 Å². The molecule has 158 valence electrons. The van der Waals surface area contributed by atoms with Crippen LogP contribution in [-0.4, -0.2) is 43.0 Å². The van der Waals surface area contributed by atoms with Crippen molar-refractivity contribution < 1.29 is 9.53 Å². The third-order valence-electron chi connectivity index (χ3n) is 4.32. The molecule has 0 bridgehead atoms. The minimum atomic E-state index is -0.259. The van der Waals surface area contributed by atoms with Crippen LogP contribution in [0.15, 0.2) is 58.6 Å². The molecule has 3 aromatic heterocycles. The van der Waals surface area contributed by atoms with E-state index in [9.17, 15) is 9.59 Å². The van der Waals surface area contributed by atoms with Gasteiger partial charge in [0.1, 0.15) is 5.75 Å². The molecule has 4 aromatic rings. The highest BCUT2D eigenvalue weighted by Gasteiger charge is 2.16. The lowest BCUT2D eigenvalue weighted by Gasteiger charge is -2.13. The second-order valence-electron chi connectivity index (χ2n) is 6.61. The third kappa shape index (κ3) is 4.58. The molecule has 4 rings (SSSR count). The van der Waals surface area contributed by atoms with Crippen LogP contribution in [0.25, 0.3) is 16.7 Å². The Morgan fingerprint density at radius 2 is 2.06 bits per heavy atom. The van der Waals surface area contributed by atoms with Gasteiger partial charge >= 0.3 is 0 Å². The summed E-state index contributed by atoms with van der Waals surface area (Å²) in [4.78, 5) is 34.3. The number of rotatable bonds is 7. The number of fused-ring (bicyclic) bond motifs is 1. The largest absolute Gasteiger partial charge is 0.494 e. The Hall–Kier alpha value is -3.66. The van der Waals surface area contributed by atoms with E-state index >= 15 is 0 Å². The summed E-state index contributed by atoms with van der Waals surface area (Å²) < 4.78 is 6.97. The molecule has 0 fully saturated rings. The molecule has 0 aliphatic carbocycles. The predicted molar refractivity (Wildman–Crippen MR) is 119 cm³/mol. The number of nitrogens with zero attached hydrogens (tertiary/aromatic N) is 4. The molecule has 0 saturated heterocycles. The number of benzene rings is 1. The zero-order valence-corrected chi connectivity index (χ0v) is 17.8. The molecule has 0 spiro atoms. The maximum atomic E-state index is 13.2. The molecule has 0 atom stereocenters. The maximum Gasteiger partial charge on any atom is 0.268 e. The molecule has 0 aliphatic rings. The van der Waals surface area contributed by atoms with Crippen LogP contribution in [-0.2, 0) is 4.79 Å². The summed E-state index contributed by atoms with van der Waals surface area (Å²) in [6.45, 7) is 4.30. The summed E-state index contributed by atoms with van der Waals surface area (Å²) in [7, 11) is 0. The fourth-order valence-electron chi connectivity index (χ4n) is 2.97. The van der Waals surface area contributed by atoms with E-state index in [1.807, 2.05) is 13.8 Å². The van der Waals surface area contributed by atoms with Crippen molar-refractivity contribution in [2.75, 3.05) is 17.7 Å². The highest BCUT2D eigenvalue weighted by atomic mass is 32.2. The Labute approximate surface area is 181 Å². The minimum absolute atomic E-state index is 0.0493. The standard InChI is InChI=1S/C21H20N6O3S/c1-3-30-15-8-6-14(7-9-15)27-20(29)16-5-4-10-22-19(16)24-21(27)31-12-18(28)23-17-11-13(2)25-26-17/h4-11H,3,12H2,1-2H3,(H2,23,25,26,28). The van der Waals surface area contributed by atoms with Gasteiger partial charge in [-0.3, -0.25) is 19.3 Å². The number of carbonyl (C=O) groups excluding carboxylic acids is 1. The summed E-state index contributed by atoms with van der Waals surface area (Å²) in [6, 6.07) is 12.3. The van der Waals surface area contributed by atoms with E-state index in [1.165, 1.54) is 4.57 Å². The number of amides is 1. The lowest BCUT2D eigenvalue weighted by Crippen LogP contribution is -2.23. The van der Waals surface area contributed by atoms with Crippen LogP contribution in [0.1, 0.15) is 12.6 Å². The van der Waals surface area contributed by atoms with Crippen LogP contribution in [0.5, 0.6) is 5.75 Å². The highest BCUT2D eigenvalue weighted by molar-refractivity contribution is 7.99. The number of hydrogen-bond acceptors (Lipinski definition) is 7. The molecule has 10 heteroatoms. The van der Waals surface area contributed by atoms with Crippen molar-refractivity contribution in [3.63, 3.8) is 0 Å². The van der Waals surface area contributed by atoms with Gasteiger partial charge in [0.05, 0.1) is 23.4 Å². The second-order valence-corrected chi connectivity index (χ2v) is 7.55. The second kappa shape index (κ2) is 9.00. The van der Waals surface area contributed by atoms with Crippen molar-refractivity contribution in [1.82, 2.24) is 24.7 Å². The average Bonchev–Trinajstić information content (AvgIpc) is 3.18. The predicted octanol–water partition coefficient (Wildman–Crippen LogP) is 2.94. The number of aryl methyl sites for hydroxylation is 1. The molecule has 1 amide bonds. The highest BCUT2D eigenvalue weighted by Crippen LogP contribution is 2.22. The van der Waals surface area contributed by atoms with E-state index in [0.717, 1.165) is 17.5 Å². The van der Waals surface area contributed by atoms with E-state index in [0.29, 0.717) is 40.1 Å². The maximum absolute atomic E-state index is 13.2. The van der Waals surface area contributed by atoms with Crippen LogP contribution >= 0.6 is 11.8 Å². The number of aromatic nitrogens is 5. The molecular formula is C21H20N6O3S. The van der Waals surface area contributed by atoms with Crippen molar-refractivity contribution in [2.45, 2.75) is 19.0 Å². The lowest BCUT2D eigenvalue weighted by atomic mass is 10.3. The fraction of sp³-hybridized carbons (Fsp3) is 0.190. The van der Waals surface area contributed by atoms with Crippen molar-refractivity contribution >= 4 is 34.5 Å². The quantitative estimate of drug-likeness (QED) is 0.338. The SMILES string of the molecule is CCOc1ccc(-n2c(SCC(=O)Nc3cc(C)[nH]n3)nc3ncccc3c2=O)cc1. The summed E-state index contributed by atoms with van der Waals surface area (Å²) in [5.41, 5.74) is 1.54. The lowest BCUT2D eigenvalue weighted by molar-refractivity contribution is -0.113. The van der Waals surface area contributed by atoms with Crippen molar-refractivity contribution in [3.8, 4) is 11.4 Å². The molecule has 0 aliphatic heterocycles. The van der Waals surface area contributed by atoms with Crippen LogP contribution in [0.2, 0.25) is 0 Å². The van der Waals surface area contributed by atoms with Gasteiger partial charge in [-0.1, -0.05) is 11.8 Å². The van der Waals surface area contributed by atoms with Gasteiger partial charge in [-0.15, -0.1) is 0 Å². The Morgan fingerprint density at radius 3 is 2.77 bits per heavy atom. The number of ether oxygens (including phenoxy) is 1. The van der Waals surface area contributed by atoms with Gasteiger partial charge < -0.3 is 10.1 Å². The first kappa shape index (κ1) is 20.6. The summed E-state index contributed by atoms with van der Waals surface area (Å²) in [5.74, 6) is 0.941. The number of pyridine rings is 1. The van der Waals surface area contributed by atoms with E-state index in [-0.39, 0.29) is 17.2 Å². The van der Waals surface area contributed by atoms with Crippen LogP contribution in [0, 0.1) is 6.92 Å². The summed E-state index contributed by atoms with van der Waals surface area (Å²) in [5, 5.41) is 10.3. The normalized spacial score (nSPS) is 10.9. The van der Waals surface area contributed by atoms with Crippen molar-refractivity contribution in [2.24, 2.45) is 0 Å². The fourth-order valence-corrected chi connectivity index (χ4v) is 3.78. The molecule has 0 unspecified atom stereocenters. The first-order valence-electron chi connectivity index (χ1n) is 9.61. The van der Waals surface area contributed by atoms with Crippen LogP contribution in [0.3, 0.4) is 0 Å². The van der Waals surface area contributed by atoms with E-state index in [1.54, 1.807) is 48.7 Å². The molecule has 9 nitrogen and oxygen atoms in total. The van der Waals surface area contributed by atoms with Crippen LogP contribution in [0.4, 0.5) is 5.82 Å². The first-order valence-corrected chi connectivity index (χ1v) is 10.6. The van der Waals surface area contributed by atoms with Gasteiger partial charge in [-0.25, -0.2) is 9.97 Å². The number of aromatic amines is 1. The molecular weight excluding hydrogens is 416 g/mol. The van der Waals surface area contributed by atoms with Gasteiger partial charge in [-0.05, 0) is 50.2 Å². The van der Waals surface area contributed by atoms with Gasteiger partial charge in [-0.2, -0.15) is 5.10 Å². The topological polar surface area (TPSA) is 115 Å². The molecule has 31 heavy (non-hydrogen) atoms. The Morgan fingerprint density at radius 1 is 1.26 bits per heavy atom. The Balaban J connectivity index is 1.66. The number of nitrogens with one attached hydrogen (secondary N) is 2. The van der Waals surface area contributed by atoms with E-state index < -0.39 is 0 Å². The Bertz CT molecular complexity index is 1280. The third-order valence-corrected chi connectivity index (χ3v) is 5.26. The number of anilines is 1. The average molecular weight is 436 g/mol. The number of thioether (sulfide) groups is 1. The zero-order valence-electron chi connectivity index (χ0n) is 17.0. The molecule has 3 heterocycles. The first-order chi connectivity index (χ1) is 15.0. The van der Waals surface area contributed by atoms with Gasteiger partial charge in [0, 0.05) is 18.0 Å².